The molecular formula is C22H27N5O4S2. The highest BCUT2D eigenvalue weighted by Gasteiger charge is 2.28. The molecule has 2 fully saturated rings. The number of thioether (sulfide) groups is 1. The molecule has 0 bridgehead atoms. The molecule has 176 valence electrons. The Balaban J connectivity index is 1.23. The van der Waals surface area contributed by atoms with Crippen LogP contribution in [0.3, 0.4) is 0 Å². The number of pyridine rings is 1. The van der Waals surface area contributed by atoms with E-state index in [0.717, 1.165) is 18.5 Å². The van der Waals surface area contributed by atoms with Crippen molar-refractivity contribution >= 4 is 39.4 Å². The molecule has 3 amide bonds. The van der Waals surface area contributed by atoms with Crippen molar-refractivity contribution in [3.8, 4) is 0 Å². The second kappa shape index (κ2) is 10.5. The number of rotatable bonds is 6. The highest BCUT2D eigenvalue weighted by atomic mass is 32.2. The lowest BCUT2D eigenvalue weighted by Gasteiger charge is -2.34. The zero-order chi connectivity index (χ0) is 23.3. The Kier molecular flexibility index (Phi) is 7.51. The number of nitrogens with zero attached hydrogens (tertiary/aromatic N) is 4. The first-order chi connectivity index (χ1) is 15.9. The Morgan fingerprint density at radius 3 is 2.21 bits per heavy atom. The molecule has 2 aliphatic heterocycles. The van der Waals surface area contributed by atoms with Gasteiger partial charge in [0.2, 0.25) is 15.9 Å². The van der Waals surface area contributed by atoms with Crippen molar-refractivity contribution in [2.75, 3.05) is 50.3 Å². The lowest BCUT2D eigenvalue weighted by molar-refractivity contribution is -0.129. The van der Waals surface area contributed by atoms with Crippen molar-refractivity contribution in [2.24, 2.45) is 0 Å². The van der Waals surface area contributed by atoms with Crippen molar-refractivity contribution in [2.45, 2.75) is 22.8 Å². The van der Waals surface area contributed by atoms with Crippen LogP contribution in [0.2, 0.25) is 0 Å². The number of anilines is 1. The second-order valence-corrected chi connectivity index (χ2v) is 10.8. The first-order valence-corrected chi connectivity index (χ1v) is 13.3. The quantitative estimate of drug-likeness (QED) is 0.625. The molecule has 0 radical (unpaired) electrons. The van der Waals surface area contributed by atoms with Crippen molar-refractivity contribution < 1.29 is 18.0 Å². The zero-order valence-electron chi connectivity index (χ0n) is 18.2. The Morgan fingerprint density at radius 1 is 0.909 bits per heavy atom. The number of para-hydroxylation sites is 1. The molecule has 0 spiro atoms. The molecule has 11 heteroatoms. The van der Waals surface area contributed by atoms with Crippen LogP contribution in [0.1, 0.15) is 12.8 Å². The van der Waals surface area contributed by atoms with Gasteiger partial charge >= 0.3 is 6.03 Å². The van der Waals surface area contributed by atoms with Gasteiger partial charge in [0.15, 0.2) is 0 Å². The Labute approximate surface area is 198 Å². The summed E-state index contributed by atoms with van der Waals surface area (Å²) in [5.41, 5.74) is 0.740. The molecule has 2 aromatic rings. The molecule has 0 saturated carbocycles. The predicted molar refractivity (Wildman–Crippen MR) is 127 cm³/mol. The third-order valence-electron chi connectivity index (χ3n) is 5.70. The topological polar surface area (TPSA) is 103 Å². The van der Waals surface area contributed by atoms with E-state index in [1.165, 1.54) is 22.3 Å². The minimum atomic E-state index is -3.49. The first-order valence-electron chi connectivity index (χ1n) is 10.9. The Hall–Kier alpha value is -2.63. The van der Waals surface area contributed by atoms with E-state index in [9.17, 15) is 18.0 Å². The molecule has 0 atom stereocenters. The van der Waals surface area contributed by atoms with Gasteiger partial charge < -0.3 is 15.1 Å². The van der Waals surface area contributed by atoms with Crippen LogP contribution in [-0.2, 0) is 14.8 Å². The van der Waals surface area contributed by atoms with E-state index in [0.29, 0.717) is 44.3 Å². The average Bonchev–Trinajstić information content (AvgIpc) is 3.40. The van der Waals surface area contributed by atoms with Gasteiger partial charge in [0.25, 0.3) is 0 Å². The van der Waals surface area contributed by atoms with Crippen molar-refractivity contribution in [1.82, 2.24) is 19.1 Å². The maximum atomic E-state index is 12.6. The highest BCUT2D eigenvalue weighted by molar-refractivity contribution is 7.99. The number of piperazine rings is 1. The molecule has 0 aliphatic carbocycles. The van der Waals surface area contributed by atoms with Gasteiger partial charge in [-0.25, -0.2) is 18.2 Å². The number of nitrogens with one attached hydrogen (secondary N) is 1. The van der Waals surface area contributed by atoms with Gasteiger partial charge in [0.1, 0.15) is 4.90 Å². The largest absolute Gasteiger partial charge is 0.338 e. The smallest absolute Gasteiger partial charge is 0.321 e. The molecule has 33 heavy (non-hydrogen) atoms. The van der Waals surface area contributed by atoms with Gasteiger partial charge in [-0.15, -0.1) is 0 Å². The number of hydrogen-bond donors (Lipinski definition) is 1. The summed E-state index contributed by atoms with van der Waals surface area (Å²) in [6.07, 6.45) is 3.13. The third kappa shape index (κ3) is 5.84. The van der Waals surface area contributed by atoms with E-state index >= 15 is 0 Å². The van der Waals surface area contributed by atoms with Crippen LogP contribution >= 0.6 is 11.8 Å². The SMILES string of the molecule is O=C(CSc1ccc(S(=O)(=O)N2CCCC2)cn1)N1CCN(C(=O)Nc2ccccc2)CC1. The molecule has 0 unspecified atom stereocenters. The maximum absolute atomic E-state index is 12.6. The van der Waals surface area contributed by atoms with Crippen LogP contribution in [0.15, 0.2) is 58.6 Å². The number of urea groups is 1. The summed E-state index contributed by atoms with van der Waals surface area (Å²) < 4.78 is 26.6. The fourth-order valence-corrected chi connectivity index (χ4v) is 6.00. The van der Waals surface area contributed by atoms with Crippen LogP contribution in [0.4, 0.5) is 10.5 Å². The predicted octanol–water partition coefficient (Wildman–Crippen LogP) is 2.33. The van der Waals surface area contributed by atoms with Gasteiger partial charge in [0, 0.05) is 51.2 Å². The van der Waals surface area contributed by atoms with Gasteiger partial charge in [-0.3, -0.25) is 4.79 Å². The lowest BCUT2D eigenvalue weighted by atomic mass is 10.3. The van der Waals surface area contributed by atoms with Gasteiger partial charge in [-0.2, -0.15) is 4.31 Å². The van der Waals surface area contributed by atoms with E-state index in [2.05, 4.69) is 10.3 Å². The number of aromatic nitrogens is 1. The van der Waals surface area contributed by atoms with Crippen molar-refractivity contribution in [1.29, 1.82) is 0 Å². The summed E-state index contributed by atoms with van der Waals surface area (Å²) in [4.78, 5) is 32.8. The van der Waals surface area contributed by atoms with E-state index in [4.69, 9.17) is 0 Å². The van der Waals surface area contributed by atoms with E-state index in [1.807, 2.05) is 30.3 Å². The van der Waals surface area contributed by atoms with Crippen LogP contribution in [0.5, 0.6) is 0 Å². The number of benzene rings is 1. The maximum Gasteiger partial charge on any atom is 0.321 e. The molecule has 1 N–H and O–H groups in total. The molecule has 3 heterocycles. The van der Waals surface area contributed by atoms with E-state index in [-0.39, 0.29) is 22.6 Å². The van der Waals surface area contributed by atoms with Gasteiger partial charge in [-0.1, -0.05) is 30.0 Å². The summed E-state index contributed by atoms with van der Waals surface area (Å²) >= 11 is 1.28. The number of sulfonamides is 1. The van der Waals surface area contributed by atoms with Crippen LogP contribution in [0, 0.1) is 0 Å². The minimum Gasteiger partial charge on any atom is -0.338 e. The number of carbonyl (C=O) groups excluding carboxylic acids is 2. The fraction of sp³-hybridized carbons (Fsp3) is 0.409. The zero-order valence-corrected chi connectivity index (χ0v) is 19.9. The standard InChI is InChI=1S/C22H27N5O4S2/c28-21(25-12-14-26(15-13-25)22(29)24-18-6-2-1-3-7-18)17-32-20-9-8-19(16-23-20)33(30,31)27-10-4-5-11-27/h1-3,6-9,16H,4-5,10-15,17H2,(H,24,29). The molecular weight excluding hydrogens is 462 g/mol. The van der Waals surface area contributed by atoms with E-state index < -0.39 is 10.0 Å². The highest BCUT2D eigenvalue weighted by Crippen LogP contribution is 2.23. The number of carbonyl (C=O) groups is 2. The lowest BCUT2D eigenvalue weighted by Crippen LogP contribution is -2.52. The van der Waals surface area contributed by atoms with Crippen LogP contribution in [0.25, 0.3) is 0 Å². The number of hydrogen-bond acceptors (Lipinski definition) is 6. The average molecular weight is 490 g/mol. The monoisotopic (exact) mass is 489 g/mol. The van der Waals surface area contributed by atoms with Crippen LogP contribution < -0.4 is 5.32 Å². The summed E-state index contributed by atoms with van der Waals surface area (Å²) in [5.74, 6) is 0.181. The molecule has 2 aliphatic rings. The van der Waals surface area contributed by atoms with Crippen molar-refractivity contribution in [3.63, 3.8) is 0 Å². The van der Waals surface area contributed by atoms with Gasteiger partial charge in [0.05, 0.1) is 10.8 Å². The van der Waals surface area contributed by atoms with Crippen LogP contribution in [-0.4, -0.2) is 84.5 Å². The van der Waals surface area contributed by atoms with Gasteiger partial charge in [-0.05, 0) is 37.1 Å². The Morgan fingerprint density at radius 2 is 1.58 bits per heavy atom. The molecule has 1 aromatic carbocycles. The Bertz CT molecular complexity index is 1070. The minimum absolute atomic E-state index is 0.0290. The molecule has 9 nitrogen and oxygen atoms in total. The van der Waals surface area contributed by atoms with Crippen molar-refractivity contribution in [3.05, 3.63) is 48.7 Å². The molecule has 2 saturated heterocycles. The third-order valence-corrected chi connectivity index (χ3v) is 8.51. The molecule has 4 rings (SSSR count). The normalized spacial score (nSPS) is 17.2. The fourth-order valence-electron chi connectivity index (χ4n) is 3.79. The van der Waals surface area contributed by atoms with E-state index in [1.54, 1.807) is 21.9 Å². The summed E-state index contributed by atoms with van der Waals surface area (Å²) in [6.45, 7) is 2.99. The summed E-state index contributed by atoms with van der Waals surface area (Å²) in [6, 6.07) is 12.3. The second-order valence-electron chi connectivity index (χ2n) is 7.90. The molecule has 1 aromatic heterocycles. The first kappa shape index (κ1) is 23.5. The number of amides is 3. The summed E-state index contributed by atoms with van der Waals surface area (Å²) in [7, 11) is -3.49. The summed E-state index contributed by atoms with van der Waals surface area (Å²) in [5, 5.41) is 3.46.